The van der Waals surface area contributed by atoms with Crippen molar-refractivity contribution in [3.8, 4) is 0 Å². The Hall–Kier alpha value is -3.93. The van der Waals surface area contributed by atoms with Gasteiger partial charge >= 0.3 is 5.97 Å². The van der Waals surface area contributed by atoms with Crippen molar-refractivity contribution in [1.82, 2.24) is 20.9 Å². The Balaban J connectivity index is 2.04. The molecular weight excluding hydrogens is 408 g/mol. The highest BCUT2D eigenvalue weighted by Crippen LogP contribution is 2.19. The van der Waals surface area contributed by atoms with E-state index in [4.69, 9.17) is 16.6 Å². The average Bonchev–Trinajstić information content (AvgIpc) is 3.13. The molecule has 1 aromatic heterocycles. The number of aliphatic carboxylic acids is 1. The molecule has 0 spiro atoms. The first-order valence-electron chi connectivity index (χ1n) is 9.33. The lowest BCUT2D eigenvalue weighted by atomic mass is 10.0. The average molecular weight is 432 g/mol. The van der Waals surface area contributed by atoms with Crippen molar-refractivity contribution in [1.29, 1.82) is 0 Å². The molecule has 12 nitrogen and oxygen atoms in total. The van der Waals surface area contributed by atoms with Gasteiger partial charge in [-0.1, -0.05) is 18.2 Å². The lowest BCUT2D eigenvalue weighted by Gasteiger charge is -2.18. The lowest BCUT2D eigenvalue weighted by molar-refractivity contribution is -0.143. The second-order valence-corrected chi connectivity index (χ2v) is 6.73. The highest BCUT2D eigenvalue weighted by molar-refractivity contribution is 5.93. The summed E-state index contributed by atoms with van der Waals surface area (Å²) in [7, 11) is 0. The lowest BCUT2D eigenvalue weighted by Crippen LogP contribution is -2.52. The fourth-order valence-corrected chi connectivity index (χ4v) is 2.92. The number of aromatic nitrogens is 1. The third-order valence-corrected chi connectivity index (χ3v) is 4.40. The summed E-state index contributed by atoms with van der Waals surface area (Å²) in [6.45, 7) is -0.893. The topological polar surface area (TPSA) is 209 Å². The molecule has 2 rings (SSSR count). The van der Waals surface area contributed by atoms with Gasteiger partial charge in [-0.05, 0) is 11.6 Å². The molecule has 0 fully saturated rings. The minimum Gasteiger partial charge on any atom is -0.480 e. The zero-order valence-corrected chi connectivity index (χ0v) is 16.5. The van der Waals surface area contributed by atoms with E-state index in [1.165, 1.54) is 0 Å². The Morgan fingerprint density at radius 3 is 2.35 bits per heavy atom. The van der Waals surface area contributed by atoms with Crippen LogP contribution in [0, 0.1) is 0 Å². The number of amides is 4. The number of hydrogen-bond acceptors (Lipinski definition) is 6. The van der Waals surface area contributed by atoms with Crippen LogP contribution in [0.2, 0.25) is 0 Å². The van der Waals surface area contributed by atoms with E-state index in [0.717, 1.165) is 16.5 Å². The molecule has 4 amide bonds. The highest BCUT2D eigenvalue weighted by Gasteiger charge is 2.25. The van der Waals surface area contributed by atoms with E-state index in [0.29, 0.717) is 0 Å². The van der Waals surface area contributed by atoms with Gasteiger partial charge in [0.15, 0.2) is 0 Å². The first-order chi connectivity index (χ1) is 14.7. The third kappa shape index (κ3) is 6.82. The Bertz CT molecular complexity index is 987. The predicted molar refractivity (Wildman–Crippen MR) is 109 cm³/mol. The summed E-state index contributed by atoms with van der Waals surface area (Å²) in [5.74, 6) is -4.40. The van der Waals surface area contributed by atoms with Crippen molar-refractivity contribution >= 4 is 40.5 Å². The number of para-hydroxylation sites is 1. The van der Waals surface area contributed by atoms with Gasteiger partial charge in [-0.15, -0.1) is 0 Å². The van der Waals surface area contributed by atoms with Crippen LogP contribution < -0.4 is 27.4 Å². The van der Waals surface area contributed by atoms with Crippen LogP contribution in [0.25, 0.3) is 10.9 Å². The first-order valence-corrected chi connectivity index (χ1v) is 9.33. The molecule has 0 saturated heterocycles. The molecule has 0 saturated carbocycles. The van der Waals surface area contributed by atoms with E-state index in [-0.39, 0.29) is 13.0 Å². The van der Waals surface area contributed by atoms with E-state index >= 15 is 0 Å². The zero-order chi connectivity index (χ0) is 23.0. The van der Waals surface area contributed by atoms with Gasteiger partial charge in [-0.2, -0.15) is 0 Å². The fraction of sp³-hybridized carbons (Fsp3) is 0.316. The van der Waals surface area contributed by atoms with Crippen molar-refractivity contribution in [2.45, 2.75) is 24.9 Å². The van der Waals surface area contributed by atoms with Crippen molar-refractivity contribution in [2.75, 3.05) is 13.1 Å². The van der Waals surface area contributed by atoms with Crippen LogP contribution in [0.15, 0.2) is 30.5 Å². The summed E-state index contributed by atoms with van der Waals surface area (Å²) < 4.78 is 0. The molecule has 1 aromatic carbocycles. The molecule has 166 valence electrons. The maximum Gasteiger partial charge on any atom is 0.326 e. The smallest absolute Gasteiger partial charge is 0.326 e. The minimum absolute atomic E-state index is 0.128. The maximum atomic E-state index is 12.6. The van der Waals surface area contributed by atoms with E-state index in [9.17, 15) is 24.0 Å². The van der Waals surface area contributed by atoms with Crippen LogP contribution in [0.4, 0.5) is 0 Å². The van der Waals surface area contributed by atoms with E-state index < -0.39 is 54.6 Å². The molecule has 1 heterocycles. The van der Waals surface area contributed by atoms with Gasteiger partial charge in [0, 0.05) is 23.5 Å². The molecule has 0 aliphatic rings. The molecule has 0 bridgehead atoms. The van der Waals surface area contributed by atoms with Crippen molar-refractivity contribution in [3.63, 3.8) is 0 Å². The Morgan fingerprint density at radius 1 is 1.03 bits per heavy atom. The van der Waals surface area contributed by atoms with Crippen molar-refractivity contribution in [2.24, 2.45) is 11.5 Å². The molecule has 12 heteroatoms. The molecule has 0 radical (unpaired) electrons. The number of benzene rings is 1. The number of carboxylic acids is 1. The number of rotatable bonds is 11. The van der Waals surface area contributed by atoms with Crippen LogP contribution >= 0.6 is 0 Å². The van der Waals surface area contributed by atoms with E-state index in [2.05, 4.69) is 20.9 Å². The number of carbonyl (C=O) groups excluding carboxylic acids is 4. The van der Waals surface area contributed by atoms with E-state index in [1.54, 1.807) is 6.20 Å². The number of H-pyrrole nitrogens is 1. The molecule has 2 aromatic rings. The fourth-order valence-electron chi connectivity index (χ4n) is 2.92. The number of primary amides is 1. The molecule has 0 aliphatic carbocycles. The number of aromatic amines is 1. The summed E-state index contributed by atoms with van der Waals surface area (Å²) in [5.41, 5.74) is 11.9. The van der Waals surface area contributed by atoms with Crippen LogP contribution in [-0.4, -0.2) is 64.9 Å². The van der Waals surface area contributed by atoms with Gasteiger partial charge in [0.25, 0.3) is 0 Å². The van der Waals surface area contributed by atoms with Gasteiger partial charge in [0.2, 0.25) is 23.6 Å². The van der Waals surface area contributed by atoms with Gasteiger partial charge in [0.1, 0.15) is 12.1 Å². The second kappa shape index (κ2) is 10.7. The first kappa shape index (κ1) is 23.3. The standard InChI is InChI=1S/C19H24N6O6/c20-7-16(27)24-13(5-10-8-22-12-4-2-1-3-11(10)12)18(29)23-9-17(28)25-14(19(30)31)6-15(21)26/h1-4,8,13-14,22H,5-7,9,20H2,(H2,21,26)(H,23,29)(H,24,27)(H,25,28)(H,30,31). The van der Waals surface area contributed by atoms with Gasteiger partial charge in [-0.3, -0.25) is 19.2 Å². The zero-order valence-electron chi connectivity index (χ0n) is 16.5. The molecule has 2 unspecified atom stereocenters. The maximum absolute atomic E-state index is 12.6. The third-order valence-electron chi connectivity index (χ3n) is 4.40. The summed E-state index contributed by atoms with van der Waals surface area (Å²) in [6.07, 6.45) is 1.25. The molecule has 9 N–H and O–H groups in total. The number of fused-ring (bicyclic) bond motifs is 1. The van der Waals surface area contributed by atoms with Crippen molar-refractivity contribution in [3.05, 3.63) is 36.0 Å². The van der Waals surface area contributed by atoms with Crippen LogP contribution in [0.3, 0.4) is 0 Å². The molecule has 0 aliphatic heterocycles. The Morgan fingerprint density at radius 2 is 1.71 bits per heavy atom. The SMILES string of the molecule is NCC(=O)NC(Cc1c[nH]c2ccccc12)C(=O)NCC(=O)NC(CC(N)=O)C(=O)O. The quantitative estimate of drug-likeness (QED) is 0.206. The second-order valence-electron chi connectivity index (χ2n) is 6.73. The molecule has 31 heavy (non-hydrogen) atoms. The predicted octanol–water partition coefficient (Wildman–Crippen LogP) is -2.29. The van der Waals surface area contributed by atoms with Crippen LogP contribution in [0.1, 0.15) is 12.0 Å². The molecule has 2 atom stereocenters. The summed E-state index contributed by atoms with van der Waals surface area (Å²) in [5, 5.41) is 16.8. The summed E-state index contributed by atoms with van der Waals surface area (Å²) in [4.78, 5) is 61.4. The summed E-state index contributed by atoms with van der Waals surface area (Å²) in [6, 6.07) is 4.87. The monoisotopic (exact) mass is 432 g/mol. The van der Waals surface area contributed by atoms with Gasteiger partial charge in [-0.25, -0.2) is 4.79 Å². The van der Waals surface area contributed by atoms with Crippen LogP contribution in [0.5, 0.6) is 0 Å². The summed E-state index contributed by atoms with van der Waals surface area (Å²) >= 11 is 0. The van der Waals surface area contributed by atoms with Gasteiger partial charge in [0.05, 0.1) is 19.5 Å². The largest absolute Gasteiger partial charge is 0.480 e. The number of carbonyl (C=O) groups is 5. The number of carboxylic acid groups (broad SMARTS) is 1. The Labute approximate surface area is 176 Å². The van der Waals surface area contributed by atoms with Gasteiger partial charge < -0.3 is 37.5 Å². The molecular formula is C19H24N6O6. The van der Waals surface area contributed by atoms with Crippen molar-refractivity contribution < 1.29 is 29.1 Å². The van der Waals surface area contributed by atoms with Crippen LogP contribution in [-0.2, 0) is 30.4 Å². The minimum atomic E-state index is -1.51. The highest BCUT2D eigenvalue weighted by atomic mass is 16.4. The number of nitrogens with one attached hydrogen (secondary N) is 4. The number of hydrogen-bond donors (Lipinski definition) is 7. The normalized spacial score (nSPS) is 12.5. The Kier molecular flexibility index (Phi) is 8.09. The van der Waals surface area contributed by atoms with E-state index in [1.807, 2.05) is 24.3 Å². The number of nitrogens with two attached hydrogens (primary N) is 2.